The second kappa shape index (κ2) is 8.99. The smallest absolute Gasteiger partial charge is 0.326 e. The highest BCUT2D eigenvalue weighted by molar-refractivity contribution is 5.86. The van der Waals surface area contributed by atoms with Gasteiger partial charge in [0.15, 0.2) is 0 Å². The quantitative estimate of drug-likeness (QED) is 0.801. The summed E-state index contributed by atoms with van der Waals surface area (Å²) >= 11 is 0. The Balaban J connectivity index is 2.06. The summed E-state index contributed by atoms with van der Waals surface area (Å²) in [6, 6.07) is 17.9. The Hall–Kier alpha value is -2.66. The molecule has 0 aliphatic carbocycles. The molecule has 5 heteroatoms. The van der Waals surface area contributed by atoms with Crippen molar-refractivity contribution in [1.29, 1.82) is 0 Å². The molecule has 0 saturated carbocycles. The molecular weight excluding hydrogens is 318 g/mol. The van der Waals surface area contributed by atoms with Crippen LogP contribution in [0.1, 0.15) is 25.0 Å². The minimum atomic E-state index is -1.04. The highest BCUT2D eigenvalue weighted by atomic mass is 16.5. The van der Waals surface area contributed by atoms with E-state index in [1.54, 1.807) is 6.92 Å². The molecule has 25 heavy (non-hydrogen) atoms. The molecule has 0 fully saturated rings. The third kappa shape index (κ3) is 5.43. The van der Waals surface area contributed by atoms with Gasteiger partial charge in [-0.15, -0.1) is 0 Å². The summed E-state index contributed by atoms with van der Waals surface area (Å²) in [5.74, 6) is -1.38. The Bertz CT molecular complexity index is 687. The zero-order valence-corrected chi connectivity index (χ0v) is 14.5. The van der Waals surface area contributed by atoms with Gasteiger partial charge >= 0.3 is 5.97 Å². The van der Waals surface area contributed by atoms with E-state index >= 15 is 0 Å². The number of hydrogen-bond donors (Lipinski definition) is 1. The molecule has 0 aromatic heterocycles. The van der Waals surface area contributed by atoms with Crippen molar-refractivity contribution in [1.82, 2.24) is 4.90 Å². The Kier molecular flexibility index (Phi) is 6.71. The fourth-order valence-corrected chi connectivity index (χ4v) is 2.42. The van der Waals surface area contributed by atoms with Crippen LogP contribution in [-0.4, -0.2) is 34.0 Å². The van der Waals surface area contributed by atoms with E-state index in [0.717, 1.165) is 11.1 Å². The van der Waals surface area contributed by atoms with Gasteiger partial charge in [-0.05, 0) is 25.0 Å². The number of amides is 1. The van der Waals surface area contributed by atoms with E-state index in [9.17, 15) is 14.7 Å². The maximum absolute atomic E-state index is 12.8. The molecule has 0 aliphatic rings. The average Bonchev–Trinajstić information content (AvgIpc) is 2.64. The van der Waals surface area contributed by atoms with Crippen LogP contribution in [0.5, 0.6) is 0 Å². The molecule has 2 aromatic rings. The number of carboxylic acids is 1. The molecule has 2 atom stereocenters. The molecule has 2 unspecified atom stereocenters. The lowest BCUT2D eigenvalue weighted by atomic mass is 10.1. The van der Waals surface area contributed by atoms with Gasteiger partial charge in [0.1, 0.15) is 12.1 Å². The van der Waals surface area contributed by atoms with Gasteiger partial charge in [0.25, 0.3) is 5.91 Å². The number of rotatable bonds is 8. The van der Waals surface area contributed by atoms with E-state index in [1.807, 2.05) is 60.7 Å². The van der Waals surface area contributed by atoms with Crippen molar-refractivity contribution >= 4 is 11.9 Å². The lowest BCUT2D eigenvalue weighted by molar-refractivity contribution is -0.156. The third-order valence-corrected chi connectivity index (χ3v) is 3.99. The summed E-state index contributed by atoms with van der Waals surface area (Å²) in [4.78, 5) is 25.5. The standard InChI is InChI=1S/C20H23NO4/c1-15(20(23)24)21(13-17-9-5-3-6-10-17)19(22)16(2)25-14-18-11-7-4-8-12-18/h3-12,15-16H,13-14H2,1-2H3,(H,23,24). The van der Waals surface area contributed by atoms with Crippen molar-refractivity contribution in [2.24, 2.45) is 0 Å². The number of nitrogens with zero attached hydrogens (tertiary/aromatic N) is 1. The van der Waals surface area contributed by atoms with E-state index in [1.165, 1.54) is 11.8 Å². The summed E-state index contributed by atoms with van der Waals surface area (Å²) < 4.78 is 5.65. The van der Waals surface area contributed by atoms with Crippen LogP contribution < -0.4 is 0 Å². The van der Waals surface area contributed by atoms with Crippen LogP contribution in [0.4, 0.5) is 0 Å². The fraction of sp³-hybridized carbons (Fsp3) is 0.300. The van der Waals surface area contributed by atoms with Gasteiger partial charge in [0.05, 0.1) is 6.61 Å². The predicted molar refractivity (Wildman–Crippen MR) is 94.8 cm³/mol. The number of ether oxygens (including phenoxy) is 1. The summed E-state index contributed by atoms with van der Waals surface area (Å²) in [5, 5.41) is 9.33. The van der Waals surface area contributed by atoms with Gasteiger partial charge in [0, 0.05) is 6.54 Å². The van der Waals surface area contributed by atoms with Crippen LogP contribution >= 0.6 is 0 Å². The van der Waals surface area contributed by atoms with E-state index < -0.39 is 18.1 Å². The minimum Gasteiger partial charge on any atom is -0.480 e. The summed E-state index contributed by atoms with van der Waals surface area (Å²) in [6.07, 6.45) is -0.731. The van der Waals surface area contributed by atoms with Crippen molar-refractivity contribution in [2.45, 2.75) is 39.1 Å². The Morgan fingerprint density at radius 1 is 0.960 bits per heavy atom. The van der Waals surface area contributed by atoms with E-state index in [2.05, 4.69) is 0 Å². The van der Waals surface area contributed by atoms with Crippen LogP contribution in [-0.2, 0) is 27.5 Å². The maximum atomic E-state index is 12.8. The number of carbonyl (C=O) groups excluding carboxylic acids is 1. The Morgan fingerprint density at radius 3 is 2.00 bits per heavy atom. The molecular formula is C20H23NO4. The average molecular weight is 341 g/mol. The van der Waals surface area contributed by atoms with Crippen molar-refractivity contribution < 1.29 is 19.4 Å². The first-order valence-electron chi connectivity index (χ1n) is 8.21. The second-order valence-electron chi connectivity index (χ2n) is 5.90. The third-order valence-electron chi connectivity index (χ3n) is 3.99. The topological polar surface area (TPSA) is 66.8 Å². The SMILES string of the molecule is CC(OCc1ccccc1)C(=O)N(Cc1ccccc1)C(C)C(=O)O. The maximum Gasteiger partial charge on any atom is 0.326 e. The van der Waals surface area contributed by atoms with Gasteiger partial charge < -0.3 is 14.7 Å². The monoisotopic (exact) mass is 341 g/mol. The molecule has 2 aromatic carbocycles. The molecule has 0 radical (unpaired) electrons. The number of benzene rings is 2. The molecule has 1 amide bonds. The molecule has 0 aliphatic heterocycles. The largest absolute Gasteiger partial charge is 0.480 e. The zero-order valence-electron chi connectivity index (χ0n) is 14.5. The van der Waals surface area contributed by atoms with Gasteiger partial charge in [-0.2, -0.15) is 0 Å². The lowest BCUT2D eigenvalue weighted by Crippen LogP contribution is -2.47. The summed E-state index contributed by atoms with van der Waals surface area (Å²) in [5.41, 5.74) is 1.84. The van der Waals surface area contributed by atoms with Crippen LogP contribution in [0.2, 0.25) is 0 Å². The molecule has 1 N–H and O–H groups in total. The predicted octanol–water partition coefficient (Wildman–Crippen LogP) is 3.09. The molecule has 0 saturated heterocycles. The molecule has 0 spiro atoms. The second-order valence-corrected chi connectivity index (χ2v) is 5.90. The first kappa shape index (κ1) is 18.7. The highest BCUT2D eigenvalue weighted by Gasteiger charge is 2.29. The van der Waals surface area contributed by atoms with Gasteiger partial charge in [-0.25, -0.2) is 4.79 Å². The van der Waals surface area contributed by atoms with Crippen molar-refractivity contribution in [3.8, 4) is 0 Å². The van der Waals surface area contributed by atoms with Crippen molar-refractivity contribution in [2.75, 3.05) is 0 Å². The molecule has 5 nitrogen and oxygen atoms in total. The Labute approximate surface area is 147 Å². The van der Waals surface area contributed by atoms with E-state index in [-0.39, 0.29) is 12.5 Å². The number of carbonyl (C=O) groups is 2. The lowest BCUT2D eigenvalue weighted by Gasteiger charge is -2.29. The van der Waals surface area contributed by atoms with E-state index in [0.29, 0.717) is 6.61 Å². The van der Waals surface area contributed by atoms with Crippen molar-refractivity contribution in [3.63, 3.8) is 0 Å². The number of carboxylic acid groups (broad SMARTS) is 1. The van der Waals surface area contributed by atoms with Crippen LogP contribution in [0.25, 0.3) is 0 Å². The van der Waals surface area contributed by atoms with Crippen LogP contribution in [0.3, 0.4) is 0 Å². The summed E-state index contributed by atoms with van der Waals surface area (Å²) in [7, 11) is 0. The van der Waals surface area contributed by atoms with Gasteiger partial charge in [-0.1, -0.05) is 60.7 Å². The fourth-order valence-electron chi connectivity index (χ4n) is 2.42. The Morgan fingerprint density at radius 2 is 1.48 bits per heavy atom. The van der Waals surface area contributed by atoms with Crippen LogP contribution in [0, 0.1) is 0 Å². The molecule has 0 heterocycles. The summed E-state index contributed by atoms with van der Waals surface area (Å²) in [6.45, 7) is 3.69. The highest BCUT2D eigenvalue weighted by Crippen LogP contribution is 2.13. The van der Waals surface area contributed by atoms with Gasteiger partial charge in [-0.3, -0.25) is 4.79 Å². The van der Waals surface area contributed by atoms with Crippen molar-refractivity contribution in [3.05, 3.63) is 71.8 Å². The number of hydrogen-bond acceptors (Lipinski definition) is 3. The molecule has 2 rings (SSSR count). The zero-order chi connectivity index (χ0) is 18.2. The van der Waals surface area contributed by atoms with Crippen LogP contribution in [0.15, 0.2) is 60.7 Å². The van der Waals surface area contributed by atoms with Gasteiger partial charge in [0.2, 0.25) is 0 Å². The number of aliphatic carboxylic acids is 1. The first-order chi connectivity index (χ1) is 12.0. The van der Waals surface area contributed by atoms with E-state index in [4.69, 9.17) is 4.74 Å². The minimum absolute atomic E-state index is 0.228. The first-order valence-corrected chi connectivity index (χ1v) is 8.21. The molecule has 132 valence electrons. The molecule has 0 bridgehead atoms. The normalized spacial score (nSPS) is 13.0.